The van der Waals surface area contributed by atoms with Crippen molar-refractivity contribution in [1.82, 2.24) is 0 Å². The fourth-order valence-corrected chi connectivity index (χ4v) is 1.57. The molecular weight excluding hydrogens is 158 g/mol. The molecule has 0 radical (unpaired) electrons. The van der Waals surface area contributed by atoms with Crippen LogP contribution in [0, 0.1) is 0 Å². The third-order valence-corrected chi connectivity index (χ3v) is 2.16. The largest absolute Gasteiger partial charge is 0.385 e. The van der Waals surface area contributed by atoms with Crippen molar-refractivity contribution in [3.63, 3.8) is 0 Å². The van der Waals surface area contributed by atoms with Gasteiger partial charge in [-0.3, -0.25) is 0 Å². The second-order valence-electron chi connectivity index (χ2n) is 3.06. The predicted molar refractivity (Wildman–Crippen MR) is 58.1 cm³/mol. The van der Waals surface area contributed by atoms with Crippen LogP contribution in [0.15, 0.2) is 42.5 Å². The van der Waals surface area contributed by atoms with Crippen molar-refractivity contribution in [2.75, 3.05) is 11.9 Å². The van der Waals surface area contributed by atoms with Gasteiger partial charge in [0.15, 0.2) is 0 Å². The molecular formula is C12H13N. The summed E-state index contributed by atoms with van der Waals surface area (Å²) in [4.78, 5) is 0. The van der Waals surface area contributed by atoms with Crippen LogP contribution in [0.25, 0.3) is 10.8 Å². The zero-order chi connectivity index (χ0) is 9.10. The van der Waals surface area contributed by atoms with Crippen molar-refractivity contribution in [3.8, 4) is 0 Å². The van der Waals surface area contributed by atoms with Gasteiger partial charge in [0.05, 0.1) is 0 Å². The number of anilines is 1. The van der Waals surface area contributed by atoms with Crippen LogP contribution in [-0.4, -0.2) is 6.54 Å². The molecule has 2 aromatic carbocycles. The molecule has 0 spiro atoms. The average Bonchev–Trinajstić information content (AvgIpc) is 2.19. The van der Waals surface area contributed by atoms with Crippen molar-refractivity contribution >= 4 is 16.5 Å². The van der Waals surface area contributed by atoms with Crippen LogP contribution in [0.4, 0.5) is 5.69 Å². The van der Waals surface area contributed by atoms with Crippen LogP contribution in [0.1, 0.15) is 6.92 Å². The van der Waals surface area contributed by atoms with Gasteiger partial charge in [-0.25, -0.2) is 0 Å². The summed E-state index contributed by atoms with van der Waals surface area (Å²) < 4.78 is 0. The number of hydrogen-bond acceptors (Lipinski definition) is 1. The van der Waals surface area contributed by atoms with Crippen molar-refractivity contribution < 1.29 is 0 Å². The van der Waals surface area contributed by atoms with E-state index in [0.29, 0.717) is 0 Å². The lowest BCUT2D eigenvalue weighted by molar-refractivity contribution is 1.22. The first-order valence-electron chi connectivity index (χ1n) is 4.63. The van der Waals surface area contributed by atoms with E-state index in [1.54, 1.807) is 0 Å². The Kier molecular flexibility index (Phi) is 2.17. The van der Waals surface area contributed by atoms with E-state index in [9.17, 15) is 0 Å². The SMILES string of the molecule is CCNc1cccc2ccccc12. The average molecular weight is 171 g/mol. The Morgan fingerprint density at radius 1 is 1.00 bits per heavy atom. The summed E-state index contributed by atoms with van der Waals surface area (Å²) in [7, 11) is 0. The van der Waals surface area contributed by atoms with Crippen LogP contribution >= 0.6 is 0 Å². The molecule has 1 heteroatoms. The zero-order valence-electron chi connectivity index (χ0n) is 7.75. The number of rotatable bonds is 2. The third-order valence-electron chi connectivity index (χ3n) is 2.16. The van der Waals surface area contributed by atoms with Crippen LogP contribution < -0.4 is 5.32 Å². The number of nitrogens with one attached hydrogen (secondary N) is 1. The van der Waals surface area contributed by atoms with Gasteiger partial charge < -0.3 is 5.32 Å². The summed E-state index contributed by atoms with van der Waals surface area (Å²) in [6.45, 7) is 3.08. The van der Waals surface area contributed by atoms with Crippen molar-refractivity contribution in [2.45, 2.75) is 6.92 Å². The minimum Gasteiger partial charge on any atom is -0.385 e. The molecule has 13 heavy (non-hydrogen) atoms. The molecule has 0 unspecified atom stereocenters. The highest BCUT2D eigenvalue weighted by atomic mass is 14.8. The van der Waals surface area contributed by atoms with E-state index >= 15 is 0 Å². The normalized spacial score (nSPS) is 10.2. The molecule has 2 aromatic rings. The highest BCUT2D eigenvalue weighted by Gasteiger charge is 1.96. The van der Waals surface area contributed by atoms with Crippen molar-refractivity contribution in [2.24, 2.45) is 0 Å². The Hall–Kier alpha value is -1.50. The van der Waals surface area contributed by atoms with Crippen LogP contribution in [0.2, 0.25) is 0 Å². The van der Waals surface area contributed by atoms with Gasteiger partial charge in [-0.2, -0.15) is 0 Å². The molecule has 1 N–H and O–H groups in total. The fourth-order valence-electron chi connectivity index (χ4n) is 1.57. The summed E-state index contributed by atoms with van der Waals surface area (Å²) in [5.41, 5.74) is 1.22. The maximum absolute atomic E-state index is 3.35. The van der Waals surface area contributed by atoms with Gasteiger partial charge in [-0.05, 0) is 18.4 Å². The van der Waals surface area contributed by atoms with Crippen molar-refractivity contribution in [3.05, 3.63) is 42.5 Å². The van der Waals surface area contributed by atoms with Gasteiger partial charge in [-0.1, -0.05) is 36.4 Å². The topological polar surface area (TPSA) is 12.0 Å². The van der Waals surface area contributed by atoms with Crippen LogP contribution in [0.3, 0.4) is 0 Å². The smallest absolute Gasteiger partial charge is 0.0419 e. The van der Waals surface area contributed by atoms with E-state index in [4.69, 9.17) is 0 Å². The van der Waals surface area contributed by atoms with E-state index in [1.807, 2.05) is 0 Å². The molecule has 0 bridgehead atoms. The minimum atomic E-state index is 0.966. The van der Waals surface area contributed by atoms with Crippen LogP contribution in [-0.2, 0) is 0 Å². The Labute approximate surface area is 78.4 Å². The molecule has 1 nitrogen and oxygen atoms in total. The Balaban J connectivity index is 2.61. The molecule has 0 saturated carbocycles. The molecule has 0 heterocycles. The van der Waals surface area contributed by atoms with E-state index in [2.05, 4.69) is 54.7 Å². The van der Waals surface area contributed by atoms with Crippen molar-refractivity contribution in [1.29, 1.82) is 0 Å². The second-order valence-corrected chi connectivity index (χ2v) is 3.06. The first-order chi connectivity index (χ1) is 6.42. The molecule has 0 aliphatic rings. The van der Waals surface area contributed by atoms with Gasteiger partial charge in [-0.15, -0.1) is 0 Å². The fraction of sp³-hybridized carbons (Fsp3) is 0.167. The number of fused-ring (bicyclic) bond motifs is 1. The maximum Gasteiger partial charge on any atom is 0.0419 e. The lowest BCUT2D eigenvalue weighted by Gasteiger charge is -2.06. The lowest BCUT2D eigenvalue weighted by Crippen LogP contribution is -1.96. The Bertz CT molecular complexity index is 401. The van der Waals surface area contributed by atoms with E-state index in [0.717, 1.165) is 6.54 Å². The Morgan fingerprint density at radius 3 is 2.62 bits per heavy atom. The summed E-state index contributed by atoms with van der Waals surface area (Å²) in [5.74, 6) is 0. The molecule has 0 saturated heterocycles. The highest BCUT2D eigenvalue weighted by Crippen LogP contribution is 2.22. The molecule has 66 valence electrons. The number of hydrogen-bond donors (Lipinski definition) is 1. The standard InChI is InChI=1S/C12H13N/c1-2-13-12-9-5-7-10-6-3-4-8-11(10)12/h3-9,13H,2H2,1H3. The molecule has 0 fully saturated rings. The summed E-state index contributed by atoms with van der Waals surface area (Å²) in [5, 5.41) is 5.94. The molecule has 0 aromatic heterocycles. The van der Waals surface area contributed by atoms with Gasteiger partial charge in [0, 0.05) is 17.6 Å². The van der Waals surface area contributed by atoms with Crippen LogP contribution in [0.5, 0.6) is 0 Å². The van der Waals surface area contributed by atoms with Gasteiger partial charge in [0.2, 0.25) is 0 Å². The first kappa shape index (κ1) is 8.11. The van der Waals surface area contributed by atoms with Gasteiger partial charge in [0.25, 0.3) is 0 Å². The van der Waals surface area contributed by atoms with Gasteiger partial charge in [0.1, 0.15) is 0 Å². The van der Waals surface area contributed by atoms with Gasteiger partial charge >= 0.3 is 0 Å². The lowest BCUT2D eigenvalue weighted by atomic mass is 10.1. The molecule has 0 atom stereocenters. The molecule has 0 aliphatic carbocycles. The maximum atomic E-state index is 3.35. The van der Waals surface area contributed by atoms with E-state index in [1.165, 1.54) is 16.5 Å². The summed E-state index contributed by atoms with van der Waals surface area (Å²) >= 11 is 0. The highest BCUT2D eigenvalue weighted by molar-refractivity contribution is 5.93. The van der Waals surface area contributed by atoms with E-state index < -0.39 is 0 Å². The molecule has 0 aliphatic heterocycles. The monoisotopic (exact) mass is 171 g/mol. The Morgan fingerprint density at radius 2 is 1.77 bits per heavy atom. The second kappa shape index (κ2) is 3.48. The predicted octanol–water partition coefficient (Wildman–Crippen LogP) is 3.27. The first-order valence-corrected chi connectivity index (χ1v) is 4.63. The molecule has 2 rings (SSSR count). The minimum absolute atomic E-state index is 0.966. The zero-order valence-corrected chi connectivity index (χ0v) is 7.75. The summed E-state index contributed by atoms with van der Waals surface area (Å²) in [6.07, 6.45) is 0. The third kappa shape index (κ3) is 1.50. The molecule has 0 amide bonds. The quantitative estimate of drug-likeness (QED) is 0.731. The summed E-state index contributed by atoms with van der Waals surface area (Å²) in [6, 6.07) is 14.8. The van der Waals surface area contributed by atoms with E-state index in [-0.39, 0.29) is 0 Å². The number of benzene rings is 2.